The molecule has 0 N–H and O–H groups in total. The van der Waals surface area contributed by atoms with E-state index >= 15 is 0 Å². The number of rotatable bonds is 0. The second kappa shape index (κ2) is 8.72. The summed E-state index contributed by atoms with van der Waals surface area (Å²) in [6.07, 6.45) is -4.06. The van der Waals surface area contributed by atoms with Gasteiger partial charge in [-0.25, -0.2) is 38.4 Å². The van der Waals surface area contributed by atoms with Gasteiger partial charge >= 0.3 is 48.2 Å². The molecule has 0 aliphatic carbocycles. The first-order valence-electron chi connectivity index (χ1n) is 18.4. The summed E-state index contributed by atoms with van der Waals surface area (Å²) in [6.45, 7) is 4.89. The third kappa shape index (κ3) is 2.66. The molecule has 56 heavy (non-hydrogen) atoms. The zero-order chi connectivity index (χ0) is 38.7. The molecule has 26 heteroatoms. The lowest BCUT2D eigenvalue weighted by atomic mass is 9.95. The van der Waals surface area contributed by atoms with E-state index in [2.05, 4.69) is 0 Å². The van der Waals surface area contributed by atoms with Gasteiger partial charge in [-0.3, -0.25) is 78.4 Å². The lowest BCUT2D eigenvalue weighted by molar-refractivity contribution is -0.162. The van der Waals surface area contributed by atoms with Crippen molar-refractivity contribution in [3.05, 3.63) is 0 Å². The van der Waals surface area contributed by atoms with Crippen molar-refractivity contribution < 1.29 is 47.8 Å². The Morgan fingerprint density at radius 1 is 0.321 bits per heavy atom. The minimum atomic E-state index is -1.32. The van der Waals surface area contributed by atoms with Crippen LogP contribution in [-0.2, 0) is 9.47 Å². The van der Waals surface area contributed by atoms with Crippen LogP contribution in [0.5, 0.6) is 0 Å². The van der Waals surface area contributed by atoms with Crippen LogP contribution in [0.1, 0.15) is 27.7 Å². The minimum absolute atomic E-state index is 0.0734. The van der Waals surface area contributed by atoms with Crippen molar-refractivity contribution in [3.8, 4) is 0 Å². The van der Waals surface area contributed by atoms with Crippen molar-refractivity contribution in [2.24, 2.45) is 0 Å². The van der Waals surface area contributed by atoms with Crippen molar-refractivity contribution in [3.63, 3.8) is 0 Å². The van der Waals surface area contributed by atoms with E-state index in [1.165, 1.54) is 78.4 Å². The molecule has 0 spiro atoms. The highest BCUT2D eigenvalue weighted by Crippen LogP contribution is 2.57. The minimum Gasteiger partial charge on any atom is -0.340 e. The monoisotopic (exact) mass is 780 g/mol. The Labute approximate surface area is 316 Å². The maximum Gasteiger partial charge on any atom is 0.327 e. The quantitative estimate of drug-likeness (QED) is 0.258. The fourth-order valence-electron chi connectivity index (χ4n) is 12.3. The summed E-state index contributed by atoms with van der Waals surface area (Å²) in [6, 6.07) is -4.03. The molecule has 0 aromatic rings. The molecule has 0 radical (unpaired) electrons. The standard InChI is InChI=1S/C30H36N16O10/c1-27-29(3)43-11-55-12-44(29)24(52)40(27)8-36-17-15-31(19(47)35(17)7-39(27)23(43)51)5-33-16-18-37(21(33)49)9-41-25(53)45-13-56-14-46-26(54)42(28(41,2)30(45,46)4)10-38(18)22(50)34(16)6-32(15)20(36)48/h15-18H,5-14H2,1-4H3. The molecule has 0 saturated carbocycles. The van der Waals surface area contributed by atoms with E-state index in [1.54, 1.807) is 27.7 Å². The Kier molecular flexibility index (Phi) is 4.87. The van der Waals surface area contributed by atoms with Crippen molar-refractivity contribution in [1.82, 2.24) is 78.4 Å². The molecule has 13 aliphatic rings. The van der Waals surface area contributed by atoms with Gasteiger partial charge in [-0.1, -0.05) is 0 Å². The van der Waals surface area contributed by atoms with Crippen molar-refractivity contribution in [2.45, 2.75) is 75.0 Å². The van der Waals surface area contributed by atoms with Crippen molar-refractivity contribution in [1.29, 1.82) is 0 Å². The Hall–Kier alpha value is -5.92. The number of nitrogens with zero attached hydrogens (tertiary/aromatic N) is 16. The summed E-state index contributed by atoms with van der Waals surface area (Å²) in [5.74, 6) is 0. The average molecular weight is 781 g/mol. The van der Waals surface area contributed by atoms with Crippen LogP contribution in [-0.4, -0.2) is 241 Å². The number of amides is 16. The predicted molar refractivity (Wildman–Crippen MR) is 172 cm³/mol. The van der Waals surface area contributed by atoms with Gasteiger partial charge in [0.25, 0.3) is 0 Å². The van der Waals surface area contributed by atoms with Gasteiger partial charge in [0.2, 0.25) is 0 Å². The van der Waals surface area contributed by atoms with Gasteiger partial charge in [-0.15, -0.1) is 0 Å². The van der Waals surface area contributed by atoms with Gasteiger partial charge in [0.15, 0.2) is 47.3 Å². The van der Waals surface area contributed by atoms with Crippen LogP contribution < -0.4 is 0 Å². The highest BCUT2D eigenvalue weighted by Gasteiger charge is 2.80. The van der Waals surface area contributed by atoms with E-state index in [-0.39, 0.29) is 66.9 Å². The van der Waals surface area contributed by atoms with Crippen LogP contribution in [0, 0.1) is 0 Å². The van der Waals surface area contributed by atoms with Gasteiger partial charge in [0.05, 0.1) is 0 Å². The van der Waals surface area contributed by atoms with Crippen molar-refractivity contribution >= 4 is 48.2 Å². The fraction of sp³-hybridized carbons (Fsp3) is 0.733. The van der Waals surface area contributed by atoms with Crippen LogP contribution >= 0.6 is 0 Å². The van der Waals surface area contributed by atoms with Crippen LogP contribution in [0.2, 0.25) is 0 Å². The molecular weight excluding hydrogens is 744 g/mol. The molecule has 13 saturated heterocycles. The summed E-state index contributed by atoms with van der Waals surface area (Å²) in [5.41, 5.74) is -5.02. The number of carbonyl (C=O) groups is 8. The molecule has 16 amide bonds. The number of hydrogen-bond donors (Lipinski definition) is 0. The average Bonchev–Trinajstić information content (AvgIpc) is 3.89. The van der Waals surface area contributed by atoms with Gasteiger partial charge < -0.3 is 9.47 Å². The van der Waals surface area contributed by atoms with Gasteiger partial charge in [0, 0.05) is 0 Å². The zero-order valence-electron chi connectivity index (χ0n) is 30.6. The summed E-state index contributed by atoms with van der Waals surface area (Å²) < 4.78 is 11.3. The van der Waals surface area contributed by atoms with Crippen LogP contribution in [0.25, 0.3) is 0 Å². The van der Waals surface area contributed by atoms with E-state index in [1.807, 2.05) is 0 Å². The van der Waals surface area contributed by atoms with Crippen LogP contribution in [0.15, 0.2) is 0 Å². The normalized spacial score (nSPS) is 42.5. The lowest BCUT2D eigenvalue weighted by Crippen LogP contribution is -2.70. The Balaban J connectivity index is 0.915. The Morgan fingerprint density at radius 2 is 0.518 bits per heavy atom. The number of hydrogen-bond acceptors (Lipinski definition) is 10. The second-order valence-corrected chi connectivity index (χ2v) is 17.0. The molecule has 0 atom stereocenters. The highest BCUT2D eigenvalue weighted by atomic mass is 16.5. The summed E-state index contributed by atoms with van der Waals surface area (Å²) in [7, 11) is 0. The number of carbonyl (C=O) groups excluding carboxylic acids is 8. The van der Waals surface area contributed by atoms with E-state index in [4.69, 9.17) is 9.47 Å². The molecular formula is C30H36N16O10. The molecule has 0 aromatic carbocycles. The van der Waals surface area contributed by atoms with Crippen molar-refractivity contribution in [2.75, 3.05) is 66.9 Å². The van der Waals surface area contributed by atoms with E-state index in [0.29, 0.717) is 0 Å². The van der Waals surface area contributed by atoms with E-state index in [0.717, 1.165) is 0 Å². The summed E-state index contributed by atoms with van der Waals surface area (Å²) in [4.78, 5) is 139. The molecule has 13 heterocycles. The largest absolute Gasteiger partial charge is 0.340 e. The smallest absolute Gasteiger partial charge is 0.327 e. The molecule has 13 aliphatic heterocycles. The predicted octanol–water partition coefficient (Wildman–Crippen LogP) is -2.27. The lowest BCUT2D eigenvalue weighted by Gasteiger charge is -2.49. The first kappa shape index (κ1) is 31.3. The second-order valence-electron chi connectivity index (χ2n) is 17.0. The first-order chi connectivity index (χ1) is 26.6. The third-order valence-corrected chi connectivity index (χ3v) is 15.6. The third-order valence-electron chi connectivity index (χ3n) is 15.6. The molecule has 13 fully saturated rings. The first-order valence-corrected chi connectivity index (χ1v) is 18.4. The molecule has 0 unspecified atom stereocenters. The SMILES string of the molecule is CC12N3COCN1C(=O)N1CN4C(=O)N5CN6C(=O)N7CN8C(=O)N9COCN%10C(=O)N(CN%11C(=O)N(CN%12C(=O)N(CN(C3=O)C12C)C4C%125)C6C%117)C8(C)C%109C. The fourth-order valence-corrected chi connectivity index (χ4v) is 12.3. The van der Waals surface area contributed by atoms with E-state index < -0.39 is 95.6 Å². The highest BCUT2D eigenvalue weighted by molar-refractivity contribution is 5.93. The maximum absolute atomic E-state index is 14.8. The molecule has 296 valence electrons. The molecule has 13 rings (SSSR count). The Bertz CT molecular complexity index is 1840. The summed E-state index contributed by atoms with van der Waals surface area (Å²) in [5, 5.41) is 0. The van der Waals surface area contributed by atoms with Crippen LogP contribution in [0.3, 0.4) is 0 Å². The van der Waals surface area contributed by atoms with Gasteiger partial charge in [-0.05, 0) is 27.7 Å². The maximum atomic E-state index is 14.8. The molecule has 0 bridgehead atoms. The number of ether oxygens (including phenoxy) is 2. The number of urea groups is 8. The molecule has 0 aromatic heterocycles. The molecule has 26 nitrogen and oxygen atoms in total. The summed E-state index contributed by atoms with van der Waals surface area (Å²) >= 11 is 0. The van der Waals surface area contributed by atoms with Gasteiger partial charge in [-0.2, -0.15) is 0 Å². The zero-order valence-corrected chi connectivity index (χ0v) is 30.6. The topological polar surface area (TPSA) is 207 Å². The van der Waals surface area contributed by atoms with E-state index in [9.17, 15) is 38.4 Å². The van der Waals surface area contributed by atoms with Crippen LogP contribution in [0.4, 0.5) is 38.4 Å². The Morgan fingerprint density at radius 3 is 0.750 bits per heavy atom. The van der Waals surface area contributed by atoms with Gasteiger partial charge in [0.1, 0.15) is 66.9 Å².